The molecule has 1 aliphatic heterocycles. The molecule has 1 unspecified atom stereocenters. The maximum absolute atomic E-state index is 11.3. The van der Waals surface area contributed by atoms with Gasteiger partial charge in [-0.3, -0.25) is 4.79 Å². The first-order valence-corrected chi connectivity index (χ1v) is 5.33. The van der Waals surface area contributed by atoms with Crippen molar-refractivity contribution in [2.45, 2.75) is 12.6 Å². The van der Waals surface area contributed by atoms with E-state index in [1.165, 1.54) is 0 Å². The largest absolute Gasteiger partial charge is 0.454 e. The first kappa shape index (κ1) is 11.6. The van der Waals surface area contributed by atoms with E-state index in [0.29, 0.717) is 6.61 Å². The van der Waals surface area contributed by atoms with Crippen LogP contribution in [0.4, 0.5) is 0 Å². The Morgan fingerprint density at radius 2 is 2.06 bits per heavy atom. The van der Waals surface area contributed by atoms with E-state index in [9.17, 15) is 9.59 Å². The van der Waals surface area contributed by atoms with Crippen LogP contribution < -0.4 is 5.32 Å². The lowest BCUT2D eigenvalue weighted by molar-refractivity contribution is -0.159. The fraction of sp³-hybridized carbons (Fsp3) is 0.333. The first-order valence-electron chi connectivity index (χ1n) is 5.33. The summed E-state index contributed by atoms with van der Waals surface area (Å²) in [6, 6.07) is 8.91. The molecule has 1 fully saturated rings. The van der Waals surface area contributed by atoms with E-state index in [1.807, 2.05) is 30.3 Å². The molecule has 0 aromatic heterocycles. The minimum Gasteiger partial charge on any atom is -0.454 e. The van der Waals surface area contributed by atoms with Gasteiger partial charge >= 0.3 is 5.97 Å². The Labute approximate surface area is 98.7 Å². The molecular weight excluding hydrogens is 222 g/mol. The molecule has 0 bridgehead atoms. The fourth-order valence-corrected chi connectivity index (χ4v) is 1.51. The maximum atomic E-state index is 11.3. The second-order valence-electron chi connectivity index (χ2n) is 3.73. The molecule has 1 N–H and O–H groups in total. The summed E-state index contributed by atoms with van der Waals surface area (Å²) in [5.74, 6) is -0.740. The van der Waals surface area contributed by atoms with E-state index in [4.69, 9.17) is 4.74 Å². The van der Waals surface area contributed by atoms with Gasteiger partial charge in [0, 0.05) is 0 Å². The van der Waals surface area contributed by atoms with E-state index < -0.39 is 12.0 Å². The third kappa shape index (κ3) is 3.29. The number of morpholine rings is 1. The molecule has 1 atom stereocenters. The van der Waals surface area contributed by atoms with Crippen molar-refractivity contribution >= 4 is 11.9 Å². The van der Waals surface area contributed by atoms with E-state index >= 15 is 0 Å². The van der Waals surface area contributed by atoms with Crippen LogP contribution >= 0.6 is 0 Å². The average molecular weight is 235 g/mol. The lowest BCUT2D eigenvalue weighted by Crippen LogP contribution is -2.51. The Morgan fingerprint density at radius 3 is 2.82 bits per heavy atom. The minimum absolute atomic E-state index is 0.124. The molecule has 1 saturated heterocycles. The number of nitrogens with one attached hydrogen (secondary N) is 1. The van der Waals surface area contributed by atoms with Gasteiger partial charge in [0.15, 0.2) is 12.6 Å². The van der Waals surface area contributed by atoms with E-state index in [1.54, 1.807) is 0 Å². The molecule has 5 nitrogen and oxygen atoms in total. The molecule has 1 amide bonds. The number of benzene rings is 1. The van der Waals surface area contributed by atoms with E-state index in [0.717, 1.165) is 5.56 Å². The van der Waals surface area contributed by atoms with Crippen LogP contribution in [0, 0.1) is 0 Å². The van der Waals surface area contributed by atoms with Crippen molar-refractivity contribution in [2.75, 3.05) is 13.2 Å². The summed E-state index contributed by atoms with van der Waals surface area (Å²) in [5, 5.41) is 2.51. The molecule has 17 heavy (non-hydrogen) atoms. The predicted octanol–water partition coefficient (Wildman–Crippen LogP) is 0.245. The van der Waals surface area contributed by atoms with Gasteiger partial charge in [0.1, 0.15) is 0 Å². The second kappa shape index (κ2) is 5.45. The van der Waals surface area contributed by atoms with Gasteiger partial charge in [0.05, 0.1) is 13.2 Å². The predicted molar refractivity (Wildman–Crippen MR) is 59.0 cm³/mol. The van der Waals surface area contributed by atoms with Gasteiger partial charge in [0.25, 0.3) is 5.91 Å². The summed E-state index contributed by atoms with van der Waals surface area (Å²) >= 11 is 0. The third-order valence-corrected chi connectivity index (χ3v) is 2.36. The highest BCUT2D eigenvalue weighted by Gasteiger charge is 2.27. The number of cyclic esters (lactones) is 1. The van der Waals surface area contributed by atoms with Gasteiger partial charge in [-0.2, -0.15) is 0 Å². The summed E-state index contributed by atoms with van der Waals surface area (Å²) in [5.41, 5.74) is 1.02. The highest BCUT2D eigenvalue weighted by atomic mass is 16.5. The van der Waals surface area contributed by atoms with Gasteiger partial charge in [0.2, 0.25) is 0 Å². The number of hydrogen-bond acceptors (Lipinski definition) is 4. The van der Waals surface area contributed by atoms with Crippen molar-refractivity contribution in [3.05, 3.63) is 35.9 Å². The topological polar surface area (TPSA) is 64.6 Å². The molecule has 0 saturated carbocycles. The normalized spacial score (nSPS) is 19.6. The van der Waals surface area contributed by atoms with Crippen LogP contribution in [0.25, 0.3) is 0 Å². The summed E-state index contributed by atoms with van der Waals surface area (Å²) in [6.07, 6.45) is 0. The molecule has 1 heterocycles. The van der Waals surface area contributed by atoms with Gasteiger partial charge in [-0.05, 0) is 5.56 Å². The lowest BCUT2D eigenvalue weighted by Gasteiger charge is -2.21. The highest BCUT2D eigenvalue weighted by molar-refractivity contribution is 5.90. The SMILES string of the molecule is O=C1COC(=O)C(COCc2ccccc2)N1. The second-order valence-corrected chi connectivity index (χ2v) is 3.73. The van der Waals surface area contributed by atoms with Crippen LogP contribution in [0.15, 0.2) is 30.3 Å². The van der Waals surface area contributed by atoms with Gasteiger partial charge in [-0.15, -0.1) is 0 Å². The van der Waals surface area contributed by atoms with Crippen molar-refractivity contribution in [2.24, 2.45) is 0 Å². The minimum atomic E-state index is -0.694. The molecular formula is C12H13NO4. The number of ether oxygens (including phenoxy) is 2. The molecule has 0 spiro atoms. The summed E-state index contributed by atoms with van der Waals surface area (Å²) < 4.78 is 10.0. The van der Waals surface area contributed by atoms with Gasteiger partial charge < -0.3 is 14.8 Å². The zero-order chi connectivity index (χ0) is 12.1. The van der Waals surface area contributed by atoms with Crippen molar-refractivity contribution in [1.82, 2.24) is 5.32 Å². The molecule has 2 rings (SSSR count). The van der Waals surface area contributed by atoms with Crippen molar-refractivity contribution < 1.29 is 19.1 Å². The fourth-order valence-electron chi connectivity index (χ4n) is 1.51. The Balaban J connectivity index is 1.78. The molecule has 1 aromatic carbocycles. The number of carbonyl (C=O) groups is 2. The molecule has 5 heteroatoms. The van der Waals surface area contributed by atoms with Crippen LogP contribution in [0.2, 0.25) is 0 Å². The van der Waals surface area contributed by atoms with Crippen molar-refractivity contribution in [3.63, 3.8) is 0 Å². The standard InChI is InChI=1S/C12H13NO4/c14-11-8-17-12(15)10(13-11)7-16-6-9-4-2-1-3-5-9/h1-5,10H,6-8H2,(H,13,14). The van der Waals surface area contributed by atoms with E-state index in [2.05, 4.69) is 10.1 Å². The monoisotopic (exact) mass is 235 g/mol. The Hall–Kier alpha value is -1.88. The van der Waals surface area contributed by atoms with Crippen LogP contribution in [0.5, 0.6) is 0 Å². The quantitative estimate of drug-likeness (QED) is 0.759. The van der Waals surface area contributed by atoms with Crippen molar-refractivity contribution in [3.8, 4) is 0 Å². The zero-order valence-corrected chi connectivity index (χ0v) is 9.22. The number of esters is 1. The molecule has 0 radical (unpaired) electrons. The maximum Gasteiger partial charge on any atom is 0.331 e. The zero-order valence-electron chi connectivity index (χ0n) is 9.22. The average Bonchev–Trinajstić information content (AvgIpc) is 2.35. The third-order valence-electron chi connectivity index (χ3n) is 2.36. The first-order chi connectivity index (χ1) is 8.25. The van der Waals surface area contributed by atoms with E-state index in [-0.39, 0.29) is 19.1 Å². The summed E-state index contributed by atoms with van der Waals surface area (Å²) in [4.78, 5) is 22.3. The van der Waals surface area contributed by atoms with Crippen LogP contribution in [-0.2, 0) is 25.7 Å². The number of amides is 1. The molecule has 90 valence electrons. The molecule has 1 aromatic rings. The van der Waals surface area contributed by atoms with Crippen LogP contribution in [0.1, 0.15) is 5.56 Å². The van der Waals surface area contributed by atoms with Gasteiger partial charge in [-0.25, -0.2) is 4.79 Å². The van der Waals surface area contributed by atoms with Crippen molar-refractivity contribution in [1.29, 1.82) is 0 Å². The Morgan fingerprint density at radius 1 is 1.29 bits per heavy atom. The smallest absolute Gasteiger partial charge is 0.331 e. The summed E-state index contributed by atoms with van der Waals surface area (Å²) in [6.45, 7) is 0.327. The Bertz CT molecular complexity index is 404. The summed E-state index contributed by atoms with van der Waals surface area (Å²) in [7, 11) is 0. The lowest BCUT2D eigenvalue weighted by atomic mass is 10.2. The highest BCUT2D eigenvalue weighted by Crippen LogP contribution is 2.03. The number of hydrogen-bond donors (Lipinski definition) is 1. The molecule has 0 aliphatic carbocycles. The van der Waals surface area contributed by atoms with Crippen LogP contribution in [0.3, 0.4) is 0 Å². The van der Waals surface area contributed by atoms with Gasteiger partial charge in [-0.1, -0.05) is 30.3 Å². The van der Waals surface area contributed by atoms with Crippen LogP contribution in [-0.4, -0.2) is 31.1 Å². The Kier molecular flexibility index (Phi) is 3.72. The number of rotatable bonds is 4. The molecule has 1 aliphatic rings. The number of carbonyl (C=O) groups excluding carboxylic acids is 2.